The summed E-state index contributed by atoms with van der Waals surface area (Å²) < 4.78 is 126. The first-order valence-electron chi connectivity index (χ1n) is 3.90. The Morgan fingerprint density at radius 1 is 0.684 bits per heavy atom. The third kappa shape index (κ3) is 19.7. The van der Waals surface area contributed by atoms with Crippen molar-refractivity contribution in [1.29, 1.82) is 0 Å². The van der Waals surface area contributed by atoms with Gasteiger partial charge in [0.05, 0.1) is 0 Å². The second kappa shape index (κ2) is 8.35. The molecule has 2 nitrogen and oxygen atoms in total. The van der Waals surface area contributed by atoms with Crippen LogP contribution in [0.15, 0.2) is 0 Å². The van der Waals surface area contributed by atoms with Crippen molar-refractivity contribution in [3.63, 3.8) is 0 Å². The van der Waals surface area contributed by atoms with Gasteiger partial charge in [-0.1, -0.05) is 0 Å². The molecule has 0 aromatic heterocycles. The molecule has 0 aliphatic rings. The second-order valence-electron chi connectivity index (χ2n) is 2.43. The average molecular weight is 318 g/mol. The Labute approximate surface area is 97.6 Å². The maximum Gasteiger partial charge on any atom is 0.494 e. The van der Waals surface area contributed by atoms with E-state index in [0.717, 1.165) is 0 Å². The number of alkyl halides is 11. The number of halogens is 11. The Morgan fingerprint density at radius 3 is 1.11 bits per heavy atom. The van der Waals surface area contributed by atoms with E-state index < -0.39 is 38.5 Å². The normalized spacial score (nSPS) is 12.9. The zero-order valence-corrected chi connectivity index (χ0v) is 8.41. The molecule has 0 saturated heterocycles. The summed E-state index contributed by atoms with van der Waals surface area (Å²) in [5.41, 5.74) is 0. The van der Waals surface area contributed by atoms with Gasteiger partial charge in [0.25, 0.3) is 0 Å². The highest BCUT2D eigenvalue weighted by Crippen LogP contribution is 2.23. The quantitative estimate of drug-likeness (QED) is 0.558. The van der Waals surface area contributed by atoms with Crippen LogP contribution < -0.4 is 0 Å². The highest BCUT2D eigenvalue weighted by Gasteiger charge is 2.39. The second-order valence-corrected chi connectivity index (χ2v) is 2.43. The summed E-state index contributed by atoms with van der Waals surface area (Å²) in [6.45, 7) is -7.74. The lowest BCUT2D eigenvalue weighted by atomic mass is 10.4. The minimum absolute atomic E-state index is 2.01. The zero-order valence-electron chi connectivity index (χ0n) is 8.41. The molecule has 0 aromatic rings. The van der Waals surface area contributed by atoms with Crippen LogP contribution >= 0.6 is 0 Å². The van der Waals surface area contributed by atoms with Gasteiger partial charge in [0, 0.05) is 0 Å². The lowest BCUT2D eigenvalue weighted by Gasteiger charge is -2.14. The fourth-order valence-corrected chi connectivity index (χ4v) is 0.410. The molecule has 0 aliphatic carbocycles. The average Bonchev–Trinajstić information content (AvgIpc) is 1.91. The standard InChI is InChI=1S/C3H2F6O2.C3H3F5/c4-1(5)10-3(8,9)11-2(6)7;4-2(5)1-3(6,7)8/h1-2H;2H,1H2. The van der Waals surface area contributed by atoms with Gasteiger partial charge in [-0.05, 0) is 0 Å². The number of ether oxygens (including phenoxy) is 2. The maximum absolute atomic E-state index is 11.5. The molecule has 0 radical (unpaired) electrons. The summed E-state index contributed by atoms with van der Waals surface area (Å²) in [7, 11) is 0. The van der Waals surface area contributed by atoms with Gasteiger partial charge in [-0.25, -0.2) is 18.3 Å². The molecular formula is C6H5F11O2. The molecule has 0 atom stereocenters. The molecule has 0 aliphatic heterocycles. The van der Waals surface area contributed by atoms with Crippen molar-refractivity contribution in [3.8, 4) is 0 Å². The molecule has 118 valence electrons. The van der Waals surface area contributed by atoms with Crippen LogP contribution in [0, 0.1) is 0 Å². The summed E-state index contributed by atoms with van der Waals surface area (Å²) in [6.07, 6.45) is -15.0. The molecule has 0 aromatic carbocycles. The monoisotopic (exact) mass is 318 g/mol. The third-order valence-electron chi connectivity index (χ3n) is 0.838. The van der Waals surface area contributed by atoms with Crippen molar-refractivity contribution in [1.82, 2.24) is 0 Å². The van der Waals surface area contributed by atoms with Crippen molar-refractivity contribution >= 4 is 0 Å². The van der Waals surface area contributed by atoms with Gasteiger partial charge in [0.2, 0.25) is 6.43 Å². The van der Waals surface area contributed by atoms with Gasteiger partial charge >= 0.3 is 25.7 Å². The lowest BCUT2D eigenvalue weighted by Crippen LogP contribution is -2.29. The predicted octanol–water partition coefficient (Wildman–Crippen LogP) is 4.22. The van der Waals surface area contributed by atoms with Crippen LogP contribution in [-0.4, -0.2) is 32.1 Å². The van der Waals surface area contributed by atoms with E-state index in [0.29, 0.717) is 0 Å². The van der Waals surface area contributed by atoms with Crippen molar-refractivity contribution in [2.75, 3.05) is 0 Å². The fraction of sp³-hybridized carbons (Fsp3) is 1.00. The Balaban J connectivity index is 0. The van der Waals surface area contributed by atoms with Gasteiger partial charge in [0.15, 0.2) is 0 Å². The van der Waals surface area contributed by atoms with E-state index >= 15 is 0 Å². The van der Waals surface area contributed by atoms with Crippen LogP contribution in [0.1, 0.15) is 6.42 Å². The van der Waals surface area contributed by atoms with Crippen LogP contribution in [0.3, 0.4) is 0 Å². The molecule has 0 heterocycles. The number of hydrogen-bond acceptors (Lipinski definition) is 2. The van der Waals surface area contributed by atoms with Gasteiger partial charge in [0.1, 0.15) is 6.42 Å². The van der Waals surface area contributed by atoms with E-state index in [1.165, 1.54) is 0 Å². The summed E-state index contributed by atoms with van der Waals surface area (Å²) in [6, 6.07) is 0. The smallest absolute Gasteiger partial charge is 0.232 e. The largest absolute Gasteiger partial charge is 0.494 e. The summed E-state index contributed by atoms with van der Waals surface area (Å²) >= 11 is 0. The Kier molecular flexibility index (Phi) is 8.99. The predicted molar refractivity (Wildman–Crippen MR) is 35.8 cm³/mol. The first-order valence-corrected chi connectivity index (χ1v) is 3.90. The van der Waals surface area contributed by atoms with Crippen molar-refractivity contribution in [2.24, 2.45) is 0 Å². The molecular weight excluding hydrogens is 313 g/mol. The summed E-state index contributed by atoms with van der Waals surface area (Å²) in [4.78, 5) is 0. The zero-order chi connectivity index (χ0) is 15.9. The molecule has 0 spiro atoms. The molecule has 0 bridgehead atoms. The molecule has 0 rings (SSSR count). The van der Waals surface area contributed by atoms with Crippen molar-refractivity contribution in [3.05, 3.63) is 0 Å². The maximum atomic E-state index is 11.5. The van der Waals surface area contributed by atoms with Gasteiger partial charge in [-0.15, -0.1) is 8.78 Å². The lowest BCUT2D eigenvalue weighted by molar-refractivity contribution is -0.466. The molecule has 0 N–H and O–H groups in total. The summed E-state index contributed by atoms with van der Waals surface area (Å²) in [5, 5.41) is 0. The van der Waals surface area contributed by atoms with Gasteiger partial charge in [-0.2, -0.15) is 30.7 Å². The van der Waals surface area contributed by atoms with Crippen LogP contribution in [0.2, 0.25) is 0 Å². The van der Waals surface area contributed by atoms with E-state index in [9.17, 15) is 48.3 Å². The van der Waals surface area contributed by atoms with E-state index in [-0.39, 0.29) is 0 Å². The van der Waals surface area contributed by atoms with Crippen molar-refractivity contribution < 1.29 is 57.8 Å². The molecule has 0 amide bonds. The topological polar surface area (TPSA) is 18.5 Å². The highest BCUT2D eigenvalue weighted by atomic mass is 19.4. The SMILES string of the molecule is FC(F)CC(F)(F)F.FC(F)OC(F)(F)OC(F)F. The minimum Gasteiger partial charge on any atom is -0.232 e. The first kappa shape index (κ1) is 20.5. The van der Waals surface area contributed by atoms with E-state index in [1.54, 1.807) is 0 Å². The third-order valence-corrected chi connectivity index (χ3v) is 0.838. The van der Waals surface area contributed by atoms with Crippen LogP contribution in [0.5, 0.6) is 0 Å². The highest BCUT2D eigenvalue weighted by molar-refractivity contribution is 4.50. The van der Waals surface area contributed by atoms with E-state index in [1.807, 2.05) is 0 Å². The van der Waals surface area contributed by atoms with Crippen LogP contribution in [0.4, 0.5) is 48.3 Å². The van der Waals surface area contributed by atoms with E-state index in [2.05, 4.69) is 9.47 Å². The number of rotatable bonds is 5. The first-order chi connectivity index (χ1) is 8.25. The van der Waals surface area contributed by atoms with Crippen LogP contribution in [-0.2, 0) is 9.47 Å². The van der Waals surface area contributed by atoms with Crippen molar-refractivity contribution in [2.45, 2.75) is 38.5 Å². The molecule has 0 unspecified atom stereocenters. The minimum atomic E-state index is -4.96. The Bertz CT molecular complexity index is 214. The molecule has 0 fully saturated rings. The Hall–Kier alpha value is -0.850. The molecule has 0 saturated carbocycles. The van der Waals surface area contributed by atoms with Gasteiger partial charge < -0.3 is 0 Å². The summed E-state index contributed by atoms with van der Waals surface area (Å²) in [5.74, 6) is 0. The molecule has 19 heavy (non-hydrogen) atoms. The van der Waals surface area contributed by atoms with E-state index in [4.69, 9.17) is 0 Å². The number of hydrogen-bond donors (Lipinski definition) is 0. The molecule has 13 heteroatoms. The Morgan fingerprint density at radius 2 is 1.00 bits per heavy atom. The van der Waals surface area contributed by atoms with Gasteiger partial charge in [-0.3, -0.25) is 0 Å². The fourth-order valence-electron chi connectivity index (χ4n) is 0.410. The van der Waals surface area contributed by atoms with Crippen LogP contribution in [0.25, 0.3) is 0 Å².